The standard InChI is InChI=1S/C15H19N3O4/c1-20-9-8-16-13(19)6-7-14-17-18-15(22-14)11-4-3-5-12(10-11)21-2/h3-5,10H,6-9H2,1-2H3,(H,16,19). The van der Waals surface area contributed by atoms with Gasteiger partial charge in [0.25, 0.3) is 0 Å². The van der Waals surface area contributed by atoms with Crippen molar-refractivity contribution in [3.63, 3.8) is 0 Å². The average Bonchev–Trinajstić information content (AvgIpc) is 3.02. The Morgan fingerprint density at radius 1 is 1.32 bits per heavy atom. The number of hydrogen-bond acceptors (Lipinski definition) is 6. The van der Waals surface area contributed by atoms with Gasteiger partial charge in [0.2, 0.25) is 17.7 Å². The highest BCUT2D eigenvalue weighted by Gasteiger charge is 2.11. The van der Waals surface area contributed by atoms with E-state index < -0.39 is 0 Å². The van der Waals surface area contributed by atoms with Gasteiger partial charge in [-0.3, -0.25) is 4.79 Å². The summed E-state index contributed by atoms with van der Waals surface area (Å²) in [5.41, 5.74) is 0.780. The summed E-state index contributed by atoms with van der Waals surface area (Å²) in [5, 5.41) is 10.7. The summed E-state index contributed by atoms with van der Waals surface area (Å²) in [7, 11) is 3.19. The Labute approximate surface area is 128 Å². The molecule has 0 saturated heterocycles. The molecule has 0 spiro atoms. The van der Waals surface area contributed by atoms with Crippen LogP contribution in [0.25, 0.3) is 11.5 Å². The lowest BCUT2D eigenvalue weighted by Crippen LogP contribution is -2.27. The summed E-state index contributed by atoms with van der Waals surface area (Å²) >= 11 is 0. The molecule has 118 valence electrons. The number of nitrogens with one attached hydrogen (secondary N) is 1. The molecule has 0 aliphatic rings. The van der Waals surface area contributed by atoms with Crippen LogP contribution in [0.3, 0.4) is 0 Å². The minimum Gasteiger partial charge on any atom is -0.497 e. The van der Waals surface area contributed by atoms with E-state index in [4.69, 9.17) is 13.9 Å². The van der Waals surface area contributed by atoms with Crippen LogP contribution in [0.2, 0.25) is 0 Å². The topological polar surface area (TPSA) is 86.5 Å². The van der Waals surface area contributed by atoms with E-state index in [9.17, 15) is 4.79 Å². The fourth-order valence-corrected chi connectivity index (χ4v) is 1.83. The molecule has 0 unspecified atom stereocenters. The van der Waals surface area contributed by atoms with Crippen LogP contribution in [0.5, 0.6) is 5.75 Å². The summed E-state index contributed by atoms with van der Waals surface area (Å²) in [6.45, 7) is 0.987. The van der Waals surface area contributed by atoms with Crippen molar-refractivity contribution in [3.8, 4) is 17.2 Å². The zero-order valence-electron chi connectivity index (χ0n) is 12.7. The molecular formula is C15H19N3O4. The maximum absolute atomic E-state index is 11.6. The molecule has 0 atom stereocenters. The molecule has 7 heteroatoms. The smallest absolute Gasteiger partial charge is 0.247 e. The molecule has 22 heavy (non-hydrogen) atoms. The number of aryl methyl sites for hydroxylation is 1. The number of carbonyl (C=O) groups excluding carboxylic acids is 1. The average molecular weight is 305 g/mol. The van der Waals surface area contributed by atoms with Crippen LogP contribution in [0.4, 0.5) is 0 Å². The van der Waals surface area contributed by atoms with Crippen LogP contribution >= 0.6 is 0 Å². The van der Waals surface area contributed by atoms with E-state index in [1.807, 2.05) is 24.3 Å². The van der Waals surface area contributed by atoms with Gasteiger partial charge in [0.15, 0.2) is 0 Å². The Balaban J connectivity index is 1.89. The predicted octanol–water partition coefficient (Wildman–Crippen LogP) is 1.44. The van der Waals surface area contributed by atoms with Gasteiger partial charge >= 0.3 is 0 Å². The van der Waals surface area contributed by atoms with Gasteiger partial charge in [-0.1, -0.05) is 6.07 Å². The molecule has 2 rings (SSSR count). The van der Waals surface area contributed by atoms with Crippen molar-refractivity contribution in [2.45, 2.75) is 12.8 Å². The van der Waals surface area contributed by atoms with Crippen LogP contribution in [-0.2, 0) is 16.0 Å². The van der Waals surface area contributed by atoms with Gasteiger partial charge < -0.3 is 19.2 Å². The third kappa shape index (κ3) is 4.56. The maximum atomic E-state index is 11.6. The van der Waals surface area contributed by atoms with Crippen molar-refractivity contribution in [1.29, 1.82) is 0 Å². The van der Waals surface area contributed by atoms with Crippen LogP contribution < -0.4 is 10.1 Å². The molecule has 0 saturated carbocycles. The first-order valence-electron chi connectivity index (χ1n) is 6.95. The molecule has 0 fully saturated rings. The van der Waals surface area contributed by atoms with Crippen molar-refractivity contribution < 1.29 is 18.7 Å². The SMILES string of the molecule is COCCNC(=O)CCc1nnc(-c2cccc(OC)c2)o1. The van der Waals surface area contributed by atoms with Crippen LogP contribution in [0.1, 0.15) is 12.3 Å². The number of carbonyl (C=O) groups is 1. The van der Waals surface area contributed by atoms with Crippen molar-refractivity contribution in [1.82, 2.24) is 15.5 Å². The van der Waals surface area contributed by atoms with Crippen LogP contribution in [0, 0.1) is 0 Å². The summed E-state index contributed by atoms with van der Waals surface area (Å²) in [4.78, 5) is 11.6. The van der Waals surface area contributed by atoms with Gasteiger partial charge in [0, 0.05) is 32.1 Å². The number of nitrogens with zero attached hydrogens (tertiary/aromatic N) is 2. The van der Waals surface area contributed by atoms with Crippen molar-refractivity contribution in [2.24, 2.45) is 0 Å². The summed E-state index contributed by atoms with van der Waals surface area (Å²) in [5.74, 6) is 1.49. The quantitative estimate of drug-likeness (QED) is 0.743. The first kappa shape index (κ1) is 16.0. The van der Waals surface area contributed by atoms with Crippen LogP contribution in [-0.4, -0.2) is 43.5 Å². The number of rotatable bonds is 8. The molecule has 0 radical (unpaired) electrons. The van der Waals surface area contributed by atoms with E-state index in [2.05, 4.69) is 15.5 Å². The van der Waals surface area contributed by atoms with E-state index in [0.29, 0.717) is 37.8 Å². The van der Waals surface area contributed by atoms with E-state index in [1.54, 1.807) is 14.2 Å². The lowest BCUT2D eigenvalue weighted by atomic mass is 10.2. The lowest BCUT2D eigenvalue weighted by molar-refractivity contribution is -0.121. The summed E-state index contributed by atoms with van der Waals surface area (Å²) in [6.07, 6.45) is 0.694. The Kier molecular flexibility index (Phi) is 5.91. The second-order valence-electron chi connectivity index (χ2n) is 4.58. The largest absolute Gasteiger partial charge is 0.497 e. The number of aromatic nitrogens is 2. The van der Waals surface area contributed by atoms with Gasteiger partial charge in [0.05, 0.1) is 13.7 Å². The minimum atomic E-state index is -0.0711. The van der Waals surface area contributed by atoms with Crippen molar-refractivity contribution in [2.75, 3.05) is 27.4 Å². The van der Waals surface area contributed by atoms with Gasteiger partial charge in [0.1, 0.15) is 5.75 Å². The second-order valence-corrected chi connectivity index (χ2v) is 4.58. The summed E-state index contributed by atoms with van der Waals surface area (Å²) in [6, 6.07) is 7.36. The number of methoxy groups -OCH3 is 2. The first-order valence-corrected chi connectivity index (χ1v) is 6.95. The van der Waals surface area contributed by atoms with Gasteiger partial charge in [-0.05, 0) is 18.2 Å². The molecule has 1 aromatic heterocycles. The number of benzene rings is 1. The van der Waals surface area contributed by atoms with Gasteiger partial charge in [-0.2, -0.15) is 0 Å². The highest BCUT2D eigenvalue weighted by Crippen LogP contribution is 2.22. The molecule has 0 aliphatic heterocycles. The second kappa shape index (κ2) is 8.14. The number of hydrogen-bond donors (Lipinski definition) is 1. The highest BCUT2D eigenvalue weighted by molar-refractivity contribution is 5.75. The molecule has 1 heterocycles. The molecule has 2 aromatic rings. The fourth-order valence-electron chi connectivity index (χ4n) is 1.83. The van der Waals surface area contributed by atoms with E-state index in [1.165, 1.54) is 0 Å². The maximum Gasteiger partial charge on any atom is 0.247 e. The van der Waals surface area contributed by atoms with E-state index in [-0.39, 0.29) is 5.91 Å². The highest BCUT2D eigenvalue weighted by atomic mass is 16.5. The number of amides is 1. The van der Waals surface area contributed by atoms with Crippen LogP contribution in [0.15, 0.2) is 28.7 Å². The number of ether oxygens (including phenoxy) is 2. The Hall–Kier alpha value is -2.41. The Bertz CT molecular complexity index is 612. The zero-order valence-corrected chi connectivity index (χ0v) is 12.7. The van der Waals surface area contributed by atoms with Crippen molar-refractivity contribution in [3.05, 3.63) is 30.2 Å². The Morgan fingerprint density at radius 3 is 2.95 bits per heavy atom. The third-order valence-corrected chi connectivity index (χ3v) is 2.98. The Morgan fingerprint density at radius 2 is 2.18 bits per heavy atom. The molecule has 0 aliphatic carbocycles. The van der Waals surface area contributed by atoms with Gasteiger partial charge in [-0.25, -0.2) is 0 Å². The van der Waals surface area contributed by atoms with E-state index >= 15 is 0 Å². The first-order chi connectivity index (χ1) is 10.7. The van der Waals surface area contributed by atoms with E-state index in [0.717, 1.165) is 11.3 Å². The normalized spacial score (nSPS) is 10.5. The fraction of sp³-hybridized carbons (Fsp3) is 0.400. The lowest BCUT2D eigenvalue weighted by Gasteiger charge is -2.02. The predicted molar refractivity (Wildman–Crippen MR) is 79.5 cm³/mol. The minimum absolute atomic E-state index is 0.0711. The molecule has 7 nitrogen and oxygen atoms in total. The monoisotopic (exact) mass is 305 g/mol. The summed E-state index contributed by atoms with van der Waals surface area (Å²) < 4.78 is 15.6. The molecule has 1 amide bonds. The molecule has 0 bridgehead atoms. The third-order valence-electron chi connectivity index (χ3n) is 2.98. The van der Waals surface area contributed by atoms with Gasteiger partial charge in [-0.15, -0.1) is 10.2 Å². The zero-order chi connectivity index (χ0) is 15.8. The molecular weight excluding hydrogens is 286 g/mol. The molecule has 1 aromatic carbocycles. The van der Waals surface area contributed by atoms with Crippen molar-refractivity contribution >= 4 is 5.91 Å². The molecule has 1 N–H and O–H groups in total.